The Morgan fingerprint density at radius 2 is 1.34 bits per heavy atom. The van der Waals surface area contributed by atoms with Gasteiger partial charge in [0.25, 0.3) is 0 Å². The summed E-state index contributed by atoms with van der Waals surface area (Å²) in [6.07, 6.45) is 5.43. The maximum atomic E-state index is 13.2. The maximum Gasteiger partial charge on any atom is 0.343 e. The van der Waals surface area contributed by atoms with Gasteiger partial charge in [0.1, 0.15) is 5.75 Å². The molecule has 6 atom stereocenters. The van der Waals surface area contributed by atoms with Crippen LogP contribution in [0, 0.1) is 35.5 Å². The van der Waals surface area contributed by atoms with Crippen LogP contribution in [0.4, 0.5) is 5.69 Å². The minimum Gasteiger partial charge on any atom is -0.423 e. The van der Waals surface area contributed by atoms with E-state index in [4.69, 9.17) is 4.74 Å². The van der Waals surface area contributed by atoms with E-state index in [9.17, 15) is 19.2 Å². The lowest BCUT2D eigenvalue weighted by Crippen LogP contribution is -2.40. The number of nitrogens with zero attached hydrogens (tertiary/aromatic N) is 1. The second-order valence-corrected chi connectivity index (χ2v) is 9.18. The van der Waals surface area contributed by atoms with Gasteiger partial charge in [-0.1, -0.05) is 12.2 Å². The van der Waals surface area contributed by atoms with Gasteiger partial charge in [-0.25, -0.2) is 4.79 Å². The van der Waals surface area contributed by atoms with E-state index in [1.807, 2.05) is 0 Å². The van der Waals surface area contributed by atoms with E-state index in [0.29, 0.717) is 34.4 Å². The highest BCUT2D eigenvalue weighted by atomic mass is 16.5. The van der Waals surface area contributed by atoms with Crippen LogP contribution in [-0.2, 0) is 9.59 Å². The molecule has 0 spiro atoms. The van der Waals surface area contributed by atoms with Gasteiger partial charge in [-0.3, -0.25) is 19.3 Å². The molecule has 1 saturated heterocycles. The van der Waals surface area contributed by atoms with Gasteiger partial charge in [-0.15, -0.1) is 0 Å². The first-order valence-electron chi connectivity index (χ1n) is 10.9. The monoisotopic (exact) mass is 427 g/mol. The topological polar surface area (TPSA) is 80.8 Å². The van der Waals surface area contributed by atoms with Crippen LogP contribution in [0.1, 0.15) is 34.1 Å². The Morgan fingerprint density at radius 1 is 0.812 bits per heavy atom. The highest BCUT2D eigenvalue weighted by molar-refractivity contribution is 6.22. The highest BCUT2D eigenvalue weighted by Crippen LogP contribution is 2.65. The number of rotatable bonds is 4. The summed E-state index contributed by atoms with van der Waals surface area (Å²) in [5.41, 5.74) is 1.34. The minimum atomic E-state index is -0.554. The molecule has 0 unspecified atom stereocenters. The predicted octanol–water partition coefficient (Wildman–Crippen LogP) is 3.67. The van der Waals surface area contributed by atoms with Gasteiger partial charge in [0.05, 0.1) is 23.1 Å². The molecular formula is C26H21NO5. The van der Waals surface area contributed by atoms with Crippen molar-refractivity contribution in [1.82, 2.24) is 0 Å². The molecule has 32 heavy (non-hydrogen) atoms. The van der Waals surface area contributed by atoms with Crippen molar-refractivity contribution in [2.24, 2.45) is 35.5 Å². The largest absolute Gasteiger partial charge is 0.423 e. The summed E-state index contributed by atoms with van der Waals surface area (Å²) in [5, 5.41) is 0. The second kappa shape index (κ2) is 6.73. The Labute approximate surface area is 184 Å². The quantitative estimate of drug-likeness (QED) is 0.245. The summed E-state index contributed by atoms with van der Waals surface area (Å²) < 4.78 is 5.37. The van der Waals surface area contributed by atoms with Crippen LogP contribution in [-0.4, -0.2) is 23.6 Å². The summed E-state index contributed by atoms with van der Waals surface area (Å²) in [6, 6.07) is 12.7. The smallest absolute Gasteiger partial charge is 0.343 e. The summed E-state index contributed by atoms with van der Waals surface area (Å²) in [7, 11) is 0. The molecule has 5 aliphatic rings. The van der Waals surface area contributed by atoms with Crippen molar-refractivity contribution in [3.8, 4) is 5.75 Å². The Balaban J connectivity index is 1.19. The van der Waals surface area contributed by atoms with Crippen LogP contribution >= 0.6 is 0 Å². The van der Waals surface area contributed by atoms with Crippen molar-refractivity contribution in [3.63, 3.8) is 0 Å². The first-order valence-corrected chi connectivity index (χ1v) is 10.9. The van der Waals surface area contributed by atoms with Gasteiger partial charge in [0, 0.05) is 5.56 Å². The van der Waals surface area contributed by atoms with Crippen molar-refractivity contribution < 1.29 is 23.9 Å². The Kier molecular flexibility index (Phi) is 4.03. The van der Waals surface area contributed by atoms with E-state index >= 15 is 0 Å². The van der Waals surface area contributed by atoms with E-state index in [-0.39, 0.29) is 41.3 Å². The van der Waals surface area contributed by atoms with E-state index < -0.39 is 5.97 Å². The van der Waals surface area contributed by atoms with Crippen LogP contribution < -0.4 is 9.64 Å². The molecule has 160 valence electrons. The van der Waals surface area contributed by atoms with Crippen molar-refractivity contribution in [1.29, 1.82) is 0 Å². The third-order valence-electron chi connectivity index (χ3n) is 7.50. The lowest BCUT2D eigenvalue weighted by molar-refractivity contribution is -0.124. The van der Waals surface area contributed by atoms with Gasteiger partial charge in [0.15, 0.2) is 5.78 Å². The molecule has 0 radical (unpaired) electrons. The summed E-state index contributed by atoms with van der Waals surface area (Å²) in [4.78, 5) is 51.6. The second-order valence-electron chi connectivity index (χ2n) is 9.18. The molecule has 2 amide bonds. The lowest BCUT2D eigenvalue weighted by Gasteiger charge is -2.37. The number of carbonyl (C=O) groups excluding carboxylic acids is 4. The molecule has 0 aromatic heterocycles. The fourth-order valence-corrected chi connectivity index (χ4v) is 5.88. The number of amides is 2. The van der Waals surface area contributed by atoms with Crippen molar-refractivity contribution in [2.75, 3.05) is 4.90 Å². The lowest BCUT2D eigenvalue weighted by atomic mass is 9.63. The van der Waals surface area contributed by atoms with Gasteiger partial charge in [-0.05, 0) is 85.5 Å². The molecule has 1 heterocycles. The standard InChI is InChI=1S/C26H21NO5/c1-13(28)14-4-8-17(9-5-14)32-26(31)15-2-6-16(7-3-15)27-24(29)22-18-10-11-19(21-12-20(18)21)23(22)25(27)30/h2-11,18-23H,12H2,1H3/t18-,19-,20-,21-,22-,23+/m0/s1. The Bertz CT molecular complexity index is 1160. The third-order valence-corrected chi connectivity index (χ3v) is 7.50. The number of benzene rings is 2. The van der Waals surface area contributed by atoms with Crippen LogP contribution in [0.3, 0.4) is 0 Å². The molecule has 6 heteroatoms. The fourth-order valence-electron chi connectivity index (χ4n) is 5.88. The molecule has 6 nitrogen and oxygen atoms in total. The number of imide groups is 1. The van der Waals surface area contributed by atoms with Gasteiger partial charge in [0.2, 0.25) is 11.8 Å². The van der Waals surface area contributed by atoms with Crippen LogP contribution in [0.25, 0.3) is 0 Å². The zero-order chi connectivity index (χ0) is 22.1. The van der Waals surface area contributed by atoms with Crippen molar-refractivity contribution >= 4 is 29.3 Å². The van der Waals surface area contributed by atoms with E-state index in [2.05, 4.69) is 12.2 Å². The number of anilines is 1. The normalized spacial score (nSPS) is 31.3. The number of carbonyl (C=O) groups is 4. The molecule has 0 N–H and O–H groups in total. The Morgan fingerprint density at radius 3 is 1.88 bits per heavy atom. The Hall–Kier alpha value is -3.54. The zero-order valence-electron chi connectivity index (χ0n) is 17.4. The summed E-state index contributed by atoms with van der Waals surface area (Å²) in [6.45, 7) is 1.47. The molecule has 1 aliphatic heterocycles. The van der Waals surface area contributed by atoms with Crippen molar-refractivity contribution in [3.05, 3.63) is 71.8 Å². The number of allylic oxidation sites excluding steroid dienone is 2. The number of Topliss-reactive ketones (excluding diaryl/α,β-unsaturated/α-hetero) is 1. The third kappa shape index (κ3) is 2.72. The van der Waals surface area contributed by atoms with Crippen LogP contribution in [0.5, 0.6) is 5.75 Å². The van der Waals surface area contributed by atoms with Gasteiger partial charge >= 0.3 is 5.97 Å². The average molecular weight is 427 g/mol. The SMILES string of the molecule is CC(=O)c1ccc(OC(=O)c2ccc(N3C(=O)[C@@H]4[C@H]5C=C[C@@H]([C@@H]6C[C@@H]56)[C@@H]4C3=O)cc2)cc1. The van der Waals surface area contributed by atoms with E-state index in [1.165, 1.54) is 11.8 Å². The number of ketones is 1. The number of esters is 1. The van der Waals surface area contributed by atoms with E-state index in [1.54, 1.807) is 48.5 Å². The molecule has 2 aromatic rings. The minimum absolute atomic E-state index is 0.0647. The molecule has 4 aliphatic carbocycles. The first-order chi connectivity index (χ1) is 15.4. The van der Waals surface area contributed by atoms with Crippen molar-refractivity contribution in [2.45, 2.75) is 13.3 Å². The number of ether oxygens (including phenoxy) is 1. The fraction of sp³-hybridized carbons (Fsp3) is 0.308. The number of hydrogen-bond donors (Lipinski definition) is 0. The van der Waals surface area contributed by atoms with Crippen LogP contribution in [0.2, 0.25) is 0 Å². The summed E-state index contributed by atoms with van der Waals surface area (Å²) >= 11 is 0. The average Bonchev–Trinajstić information content (AvgIpc) is 3.58. The van der Waals surface area contributed by atoms with Gasteiger partial charge < -0.3 is 4.74 Å². The number of hydrogen-bond acceptors (Lipinski definition) is 5. The molecule has 2 saturated carbocycles. The van der Waals surface area contributed by atoms with Gasteiger partial charge in [-0.2, -0.15) is 0 Å². The molecular weight excluding hydrogens is 406 g/mol. The molecule has 3 fully saturated rings. The summed E-state index contributed by atoms with van der Waals surface area (Å²) in [5.74, 6) is 0.463. The van der Waals surface area contributed by atoms with Crippen LogP contribution in [0.15, 0.2) is 60.7 Å². The highest BCUT2D eigenvalue weighted by Gasteiger charge is 2.67. The van der Waals surface area contributed by atoms with E-state index in [0.717, 1.165) is 6.42 Å². The molecule has 2 bridgehead atoms. The predicted molar refractivity (Wildman–Crippen MR) is 115 cm³/mol. The maximum absolute atomic E-state index is 13.2. The molecule has 2 aromatic carbocycles. The zero-order valence-corrected chi connectivity index (χ0v) is 17.4. The first kappa shape index (κ1) is 19.2. The molecule has 7 rings (SSSR count).